The summed E-state index contributed by atoms with van der Waals surface area (Å²) >= 11 is 1.93. The van der Waals surface area contributed by atoms with Gasteiger partial charge in [0, 0.05) is 24.6 Å². The topological polar surface area (TPSA) is 71.1 Å². The zero-order chi connectivity index (χ0) is 14.4. The Labute approximate surface area is 123 Å². The molecule has 1 aliphatic heterocycles. The van der Waals surface area contributed by atoms with Crippen molar-refractivity contribution in [3.63, 3.8) is 0 Å². The van der Waals surface area contributed by atoms with Crippen LogP contribution in [0.5, 0.6) is 5.75 Å². The highest BCUT2D eigenvalue weighted by molar-refractivity contribution is 7.99. The van der Waals surface area contributed by atoms with Crippen molar-refractivity contribution in [3.05, 3.63) is 29.8 Å². The summed E-state index contributed by atoms with van der Waals surface area (Å²) < 4.78 is 5.09. The zero-order valence-electron chi connectivity index (χ0n) is 11.7. The van der Waals surface area contributed by atoms with Gasteiger partial charge in [0.05, 0.1) is 19.8 Å². The molecule has 0 bridgehead atoms. The second-order valence-corrected chi connectivity index (χ2v) is 5.81. The number of rotatable bonds is 4. The molecule has 1 unspecified atom stereocenters. The third kappa shape index (κ3) is 4.05. The second kappa shape index (κ2) is 7.40. The minimum Gasteiger partial charge on any atom is -0.497 e. The predicted octanol–water partition coefficient (Wildman–Crippen LogP) is 1.09. The summed E-state index contributed by atoms with van der Waals surface area (Å²) in [5.74, 6) is 3.46. The van der Waals surface area contributed by atoms with E-state index in [0.717, 1.165) is 35.9 Å². The molecule has 1 aromatic carbocycles. The van der Waals surface area contributed by atoms with E-state index < -0.39 is 6.10 Å². The van der Waals surface area contributed by atoms with E-state index in [9.17, 15) is 5.11 Å². The van der Waals surface area contributed by atoms with Crippen LogP contribution in [0, 0.1) is 0 Å². The first kappa shape index (κ1) is 15.0. The van der Waals surface area contributed by atoms with Crippen molar-refractivity contribution in [2.24, 2.45) is 10.7 Å². The van der Waals surface area contributed by atoms with Crippen LogP contribution in [0.15, 0.2) is 29.3 Å². The Morgan fingerprint density at radius 2 is 2.05 bits per heavy atom. The smallest absolute Gasteiger partial charge is 0.191 e. The van der Waals surface area contributed by atoms with Crippen LogP contribution in [-0.4, -0.2) is 54.2 Å². The molecule has 0 spiro atoms. The Kier molecular flexibility index (Phi) is 5.55. The minimum atomic E-state index is -0.640. The second-order valence-electron chi connectivity index (χ2n) is 4.59. The summed E-state index contributed by atoms with van der Waals surface area (Å²) in [6.07, 6.45) is -0.640. The van der Waals surface area contributed by atoms with Crippen LogP contribution in [-0.2, 0) is 0 Å². The van der Waals surface area contributed by atoms with E-state index in [2.05, 4.69) is 9.89 Å². The molecular weight excluding hydrogens is 274 g/mol. The van der Waals surface area contributed by atoms with Crippen molar-refractivity contribution < 1.29 is 9.84 Å². The lowest BCUT2D eigenvalue weighted by Gasteiger charge is -2.27. The Morgan fingerprint density at radius 1 is 1.40 bits per heavy atom. The average Bonchev–Trinajstić information content (AvgIpc) is 2.53. The van der Waals surface area contributed by atoms with E-state index in [1.807, 2.05) is 36.0 Å². The number of methoxy groups -OCH3 is 1. The summed E-state index contributed by atoms with van der Waals surface area (Å²) in [6, 6.07) is 7.33. The first-order valence-corrected chi connectivity index (χ1v) is 7.81. The average molecular weight is 295 g/mol. The molecule has 3 N–H and O–H groups in total. The van der Waals surface area contributed by atoms with Crippen molar-refractivity contribution >= 4 is 17.7 Å². The fourth-order valence-electron chi connectivity index (χ4n) is 2.00. The van der Waals surface area contributed by atoms with Crippen LogP contribution in [0.2, 0.25) is 0 Å². The number of hydrogen-bond donors (Lipinski definition) is 2. The molecule has 0 amide bonds. The van der Waals surface area contributed by atoms with Gasteiger partial charge in [-0.1, -0.05) is 12.1 Å². The molecule has 5 nitrogen and oxygen atoms in total. The van der Waals surface area contributed by atoms with Crippen molar-refractivity contribution in [2.75, 3.05) is 38.2 Å². The maximum absolute atomic E-state index is 10.1. The van der Waals surface area contributed by atoms with Gasteiger partial charge in [0.15, 0.2) is 5.96 Å². The van der Waals surface area contributed by atoms with Gasteiger partial charge in [-0.15, -0.1) is 0 Å². The molecule has 20 heavy (non-hydrogen) atoms. The number of hydrogen-bond acceptors (Lipinski definition) is 4. The first-order valence-electron chi connectivity index (χ1n) is 6.65. The number of aliphatic imine (C=N–C) groups is 1. The van der Waals surface area contributed by atoms with Crippen LogP contribution >= 0.6 is 11.8 Å². The Balaban J connectivity index is 1.90. The molecule has 0 radical (unpaired) electrons. The van der Waals surface area contributed by atoms with E-state index >= 15 is 0 Å². The number of aliphatic hydroxyl groups excluding tert-OH is 1. The molecule has 0 saturated carbocycles. The van der Waals surface area contributed by atoms with E-state index in [1.165, 1.54) is 0 Å². The molecule has 0 aliphatic carbocycles. The SMILES string of the molecule is COc1ccc(C(O)CN=C(N)N2CCSCC2)cc1. The van der Waals surface area contributed by atoms with Crippen LogP contribution in [0.1, 0.15) is 11.7 Å². The monoisotopic (exact) mass is 295 g/mol. The third-order valence-electron chi connectivity index (χ3n) is 3.26. The van der Waals surface area contributed by atoms with Gasteiger partial charge in [0.2, 0.25) is 0 Å². The summed E-state index contributed by atoms with van der Waals surface area (Å²) in [5.41, 5.74) is 6.77. The number of benzene rings is 1. The number of aliphatic hydroxyl groups is 1. The lowest BCUT2D eigenvalue weighted by Crippen LogP contribution is -2.42. The highest BCUT2D eigenvalue weighted by Gasteiger charge is 2.13. The number of nitrogens with zero attached hydrogens (tertiary/aromatic N) is 2. The summed E-state index contributed by atoms with van der Waals surface area (Å²) in [4.78, 5) is 6.36. The molecule has 1 heterocycles. The standard InChI is InChI=1S/C14H21N3O2S/c1-19-12-4-2-11(3-5-12)13(18)10-16-14(15)17-6-8-20-9-7-17/h2-5,13,18H,6-10H2,1H3,(H2,15,16). The van der Waals surface area contributed by atoms with Crippen molar-refractivity contribution in [2.45, 2.75) is 6.10 Å². The lowest BCUT2D eigenvalue weighted by atomic mass is 10.1. The van der Waals surface area contributed by atoms with Crippen LogP contribution in [0.4, 0.5) is 0 Å². The Morgan fingerprint density at radius 3 is 2.65 bits per heavy atom. The predicted molar refractivity (Wildman–Crippen MR) is 83.3 cm³/mol. The summed E-state index contributed by atoms with van der Waals surface area (Å²) in [7, 11) is 1.62. The molecule has 1 atom stereocenters. The van der Waals surface area contributed by atoms with Gasteiger partial charge in [-0.05, 0) is 17.7 Å². The maximum atomic E-state index is 10.1. The van der Waals surface area contributed by atoms with Crippen LogP contribution in [0.3, 0.4) is 0 Å². The number of ether oxygens (including phenoxy) is 1. The van der Waals surface area contributed by atoms with Crippen LogP contribution < -0.4 is 10.5 Å². The molecule has 1 saturated heterocycles. The maximum Gasteiger partial charge on any atom is 0.191 e. The highest BCUT2D eigenvalue weighted by atomic mass is 32.2. The number of guanidine groups is 1. The van der Waals surface area contributed by atoms with Crippen molar-refractivity contribution in [1.29, 1.82) is 0 Å². The minimum absolute atomic E-state index is 0.280. The van der Waals surface area contributed by atoms with Crippen molar-refractivity contribution in [1.82, 2.24) is 4.90 Å². The highest BCUT2D eigenvalue weighted by Crippen LogP contribution is 2.18. The zero-order valence-corrected chi connectivity index (χ0v) is 12.5. The van der Waals surface area contributed by atoms with Gasteiger partial charge in [-0.2, -0.15) is 11.8 Å². The molecule has 110 valence electrons. The van der Waals surface area contributed by atoms with E-state index in [-0.39, 0.29) is 6.54 Å². The summed E-state index contributed by atoms with van der Waals surface area (Å²) in [5, 5.41) is 10.1. The van der Waals surface area contributed by atoms with Gasteiger partial charge in [-0.25, -0.2) is 0 Å². The molecule has 1 fully saturated rings. The molecule has 1 aliphatic rings. The van der Waals surface area contributed by atoms with Gasteiger partial charge in [-0.3, -0.25) is 4.99 Å². The first-order chi connectivity index (χ1) is 9.70. The van der Waals surface area contributed by atoms with Gasteiger partial charge < -0.3 is 20.5 Å². The molecule has 1 aromatic rings. The lowest BCUT2D eigenvalue weighted by molar-refractivity contribution is 0.186. The van der Waals surface area contributed by atoms with E-state index in [4.69, 9.17) is 10.5 Å². The third-order valence-corrected chi connectivity index (χ3v) is 4.20. The molecule has 2 rings (SSSR count). The molecule has 0 aromatic heterocycles. The normalized spacial score (nSPS) is 17.9. The largest absolute Gasteiger partial charge is 0.497 e. The molecule has 6 heteroatoms. The Bertz CT molecular complexity index is 444. The number of nitrogens with two attached hydrogens (primary N) is 1. The quantitative estimate of drug-likeness (QED) is 0.643. The van der Waals surface area contributed by atoms with E-state index in [0.29, 0.717) is 5.96 Å². The van der Waals surface area contributed by atoms with Crippen LogP contribution in [0.25, 0.3) is 0 Å². The molecular formula is C14H21N3O2S. The Hall–Kier alpha value is -1.40. The number of thioether (sulfide) groups is 1. The fraction of sp³-hybridized carbons (Fsp3) is 0.500. The van der Waals surface area contributed by atoms with E-state index in [1.54, 1.807) is 7.11 Å². The fourth-order valence-corrected chi connectivity index (χ4v) is 2.91. The van der Waals surface area contributed by atoms with Gasteiger partial charge in [0.1, 0.15) is 5.75 Å². The summed E-state index contributed by atoms with van der Waals surface area (Å²) in [6.45, 7) is 2.14. The van der Waals surface area contributed by atoms with Gasteiger partial charge >= 0.3 is 0 Å². The van der Waals surface area contributed by atoms with Gasteiger partial charge in [0.25, 0.3) is 0 Å². The van der Waals surface area contributed by atoms with Crippen molar-refractivity contribution in [3.8, 4) is 5.75 Å².